The van der Waals surface area contributed by atoms with Gasteiger partial charge >= 0.3 is 0 Å². The van der Waals surface area contributed by atoms with Crippen LogP contribution in [0.5, 0.6) is 5.75 Å². The molecule has 0 saturated carbocycles. The molecule has 128 valence electrons. The molecule has 3 rings (SSSR count). The molecule has 3 aromatic carbocycles. The van der Waals surface area contributed by atoms with E-state index in [4.69, 9.17) is 16.2 Å². The van der Waals surface area contributed by atoms with Crippen LogP contribution in [0.3, 0.4) is 0 Å². The summed E-state index contributed by atoms with van der Waals surface area (Å²) in [7, 11) is 1.55. The van der Waals surface area contributed by atoms with Gasteiger partial charge < -0.3 is 16.2 Å². The number of fused-ring (bicyclic) bond motifs is 1. The summed E-state index contributed by atoms with van der Waals surface area (Å²) >= 11 is 0. The number of rotatable bonds is 3. The molecule has 1 amide bonds. The van der Waals surface area contributed by atoms with Gasteiger partial charge in [0.1, 0.15) is 5.75 Å². The minimum Gasteiger partial charge on any atom is -0.496 e. The van der Waals surface area contributed by atoms with Crippen molar-refractivity contribution in [3.63, 3.8) is 0 Å². The summed E-state index contributed by atoms with van der Waals surface area (Å²) < 4.78 is 5.45. The lowest BCUT2D eigenvalue weighted by molar-refractivity contribution is 0.100. The van der Waals surface area contributed by atoms with Crippen molar-refractivity contribution in [1.82, 2.24) is 0 Å². The Bertz CT molecular complexity index is 1080. The third-order valence-corrected chi connectivity index (χ3v) is 4.00. The van der Waals surface area contributed by atoms with E-state index in [1.54, 1.807) is 37.4 Å². The Morgan fingerprint density at radius 1 is 1.12 bits per heavy atom. The summed E-state index contributed by atoms with van der Waals surface area (Å²) in [6, 6.07) is 18.4. The molecular weight excluding hydrogens is 328 g/mol. The van der Waals surface area contributed by atoms with Crippen LogP contribution in [0.15, 0.2) is 59.6 Å². The minimum atomic E-state index is -0.526. The van der Waals surface area contributed by atoms with Crippen LogP contribution < -0.4 is 16.2 Å². The lowest BCUT2D eigenvalue weighted by atomic mass is 9.93. The van der Waals surface area contributed by atoms with Crippen molar-refractivity contribution in [3.05, 3.63) is 65.7 Å². The zero-order valence-electron chi connectivity index (χ0n) is 14.1. The Kier molecular flexibility index (Phi) is 4.54. The summed E-state index contributed by atoms with van der Waals surface area (Å²) in [5, 5.41) is 11.2. The van der Waals surface area contributed by atoms with Gasteiger partial charge in [0.15, 0.2) is 5.96 Å². The number of aliphatic imine (C=N–C) groups is 1. The fourth-order valence-corrected chi connectivity index (χ4v) is 2.88. The molecule has 0 aliphatic heterocycles. The van der Waals surface area contributed by atoms with Crippen molar-refractivity contribution in [2.24, 2.45) is 16.5 Å². The van der Waals surface area contributed by atoms with E-state index in [0.717, 1.165) is 16.3 Å². The van der Waals surface area contributed by atoms with Gasteiger partial charge in [-0.15, -0.1) is 0 Å². The highest BCUT2D eigenvalue weighted by Crippen LogP contribution is 2.37. The highest BCUT2D eigenvalue weighted by molar-refractivity contribution is 6.07. The molecule has 0 spiro atoms. The number of nitrogens with zero attached hydrogens (tertiary/aromatic N) is 2. The fraction of sp³-hybridized carbons (Fsp3) is 0.0500. The Morgan fingerprint density at radius 3 is 2.58 bits per heavy atom. The number of nitriles is 1. The molecule has 6 heteroatoms. The van der Waals surface area contributed by atoms with Crippen LogP contribution in [0.25, 0.3) is 21.9 Å². The number of nitrogens with two attached hydrogens (primary N) is 2. The molecule has 0 atom stereocenters. The molecule has 0 aliphatic rings. The lowest BCUT2D eigenvalue weighted by Crippen LogP contribution is -2.24. The van der Waals surface area contributed by atoms with Crippen LogP contribution >= 0.6 is 0 Å². The maximum Gasteiger partial charge on any atom is 0.280 e. The number of carbonyl (C=O) groups is 1. The van der Waals surface area contributed by atoms with E-state index in [1.165, 1.54) is 0 Å². The topological polar surface area (TPSA) is 114 Å². The van der Waals surface area contributed by atoms with Gasteiger partial charge in [0.05, 0.1) is 18.7 Å². The number of amides is 1. The number of ether oxygens (including phenoxy) is 1. The second-order valence-corrected chi connectivity index (χ2v) is 5.58. The van der Waals surface area contributed by atoms with Crippen molar-refractivity contribution >= 4 is 22.6 Å². The van der Waals surface area contributed by atoms with Crippen LogP contribution in [0.1, 0.15) is 15.9 Å². The first-order valence-corrected chi connectivity index (χ1v) is 7.79. The van der Waals surface area contributed by atoms with Gasteiger partial charge in [-0.05, 0) is 40.6 Å². The van der Waals surface area contributed by atoms with Gasteiger partial charge in [-0.2, -0.15) is 10.3 Å². The normalized spacial score (nSPS) is 10.2. The monoisotopic (exact) mass is 344 g/mol. The number of hydrogen-bond donors (Lipinski definition) is 2. The summed E-state index contributed by atoms with van der Waals surface area (Å²) in [6.07, 6.45) is 0. The summed E-state index contributed by atoms with van der Waals surface area (Å²) in [5.41, 5.74) is 12.9. The zero-order valence-corrected chi connectivity index (χ0v) is 14.1. The van der Waals surface area contributed by atoms with Gasteiger partial charge in [-0.3, -0.25) is 4.79 Å². The highest BCUT2D eigenvalue weighted by Gasteiger charge is 2.15. The molecule has 0 bridgehead atoms. The molecule has 0 fully saturated rings. The summed E-state index contributed by atoms with van der Waals surface area (Å²) in [6.45, 7) is 0. The number of hydrogen-bond acceptors (Lipinski definition) is 3. The number of benzene rings is 3. The average molecular weight is 344 g/mol. The third-order valence-electron chi connectivity index (χ3n) is 4.00. The molecule has 4 N–H and O–H groups in total. The molecule has 0 aromatic heterocycles. The second-order valence-electron chi connectivity index (χ2n) is 5.58. The van der Waals surface area contributed by atoms with E-state index >= 15 is 0 Å². The zero-order chi connectivity index (χ0) is 18.7. The maximum absolute atomic E-state index is 12.2. The molecule has 0 aliphatic carbocycles. The van der Waals surface area contributed by atoms with Crippen LogP contribution in [0.4, 0.5) is 0 Å². The number of methoxy groups -OCH3 is 1. The summed E-state index contributed by atoms with van der Waals surface area (Å²) in [4.78, 5) is 15.7. The smallest absolute Gasteiger partial charge is 0.280 e. The Hall–Kier alpha value is -3.85. The van der Waals surface area contributed by atoms with Crippen molar-refractivity contribution in [2.75, 3.05) is 7.11 Å². The van der Waals surface area contributed by atoms with Crippen LogP contribution in [0.2, 0.25) is 0 Å². The van der Waals surface area contributed by atoms with E-state index in [0.29, 0.717) is 22.4 Å². The number of guanidine groups is 1. The van der Waals surface area contributed by atoms with Gasteiger partial charge in [-0.1, -0.05) is 30.3 Å². The van der Waals surface area contributed by atoms with E-state index in [2.05, 4.69) is 11.1 Å². The fourth-order valence-electron chi connectivity index (χ4n) is 2.88. The van der Waals surface area contributed by atoms with Gasteiger partial charge in [0.2, 0.25) is 0 Å². The van der Waals surface area contributed by atoms with Crippen LogP contribution in [-0.4, -0.2) is 19.0 Å². The first kappa shape index (κ1) is 17.0. The molecule has 0 unspecified atom stereocenters. The van der Waals surface area contributed by atoms with Crippen molar-refractivity contribution in [1.29, 1.82) is 5.26 Å². The number of carbonyl (C=O) groups excluding carboxylic acids is 1. The SMILES string of the molecule is COc1cccc(C#N)c1-c1cccc2ccc(C(=O)N=C(N)N)cc12. The molecule has 3 aromatic rings. The molecule has 0 radical (unpaired) electrons. The Labute approximate surface area is 150 Å². The third kappa shape index (κ3) is 3.06. The molecule has 26 heavy (non-hydrogen) atoms. The van der Waals surface area contributed by atoms with Crippen molar-refractivity contribution in [3.8, 4) is 22.9 Å². The Morgan fingerprint density at radius 2 is 1.88 bits per heavy atom. The Balaban J connectivity index is 2.30. The maximum atomic E-state index is 12.2. The van der Waals surface area contributed by atoms with E-state index in [1.807, 2.05) is 24.3 Å². The largest absolute Gasteiger partial charge is 0.496 e. The predicted molar refractivity (Wildman–Crippen MR) is 101 cm³/mol. The lowest BCUT2D eigenvalue weighted by Gasteiger charge is -2.13. The molecule has 0 saturated heterocycles. The van der Waals surface area contributed by atoms with Crippen LogP contribution in [-0.2, 0) is 0 Å². The average Bonchev–Trinajstić information content (AvgIpc) is 2.65. The van der Waals surface area contributed by atoms with E-state index in [-0.39, 0.29) is 5.96 Å². The van der Waals surface area contributed by atoms with Crippen molar-refractivity contribution < 1.29 is 9.53 Å². The van der Waals surface area contributed by atoms with Crippen molar-refractivity contribution in [2.45, 2.75) is 0 Å². The van der Waals surface area contributed by atoms with Gasteiger partial charge in [-0.25, -0.2) is 0 Å². The van der Waals surface area contributed by atoms with E-state index < -0.39 is 5.91 Å². The standard InChI is InChI=1S/C20H16N4O2/c1-26-17-7-3-5-14(11-21)18(17)15-6-2-4-12-8-9-13(10-16(12)15)19(25)24-20(22)23/h2-10H,1H3,(H4,22,23,24,25). The predicted octanol–water partition coefficient (Wildman–Crippen LogP) is 2.80. The van der Waals surface area contributed by atoms with E-state index in [9.17, 15) is 10.1 Å². The molecular formula is C20H16N4O2. The highest BCUT2D eigenvalue weighted by atomic mass is 16.5. The first-order chi connectivity index (χ1) is 12.5. The van der Waals surface area contributed by atoms with Gasteiger partial charge in [0.25, 0.3) is 5.91 Å². The quantitative estimate of drug-likeness (QED) is 0.560. The first-order valence-electron chi connectivity index (χ1n) is 7.79. The molecule has 0 heterocycles. The van der Waals surface area contributed by atoms with Crippen LogP contribution in [0, 0.1) is 11.3 Å². The van der Waals surface area contributed by atoms with Gasteiger partial charge in [0, 0.05) is 11.1 Å². The second kappa shape index (κ2) is 6.95. The molecule has 6 nitrogen and oxygen atoms in total. The minimum absolute atomic E-state index is 0.292. The summed E-state index contributed by atoms with van der Waals surface area (Å²) in [5.74, 6) is -0.236.